The average Bonchev–Trinajstić information content (AvgIpc) is 2.84. The summed E-state index contributed by atoms with van der Waals surface area (Å²) in [5, 5.41) is 0. The fourth-order valence-corrected chi connectivity index (χ4v) is 3.84. The van der Waals surface area contributed by atoms with Crippen LogP contribution in [0.15, 0.2) is 96.6 Å². The molecule has 0 amide bonds. The maximum atomic E-state index is 14.7. The van der Waals surface area contributed by atoms with Gasteiger partial charge in [0.15, 0.2) is 29.1 Å². The van der Waals surface area contributed by atoms with Gasteiger partial charge >= 0.3 is 0 Å². The van der Waals surface area contributed by atoms with Gasteiger partial charge in [-0.3, -0.25) is 0 Å². The first kappa shape index (κ1) is 26.9. The van der Waals surface area contributed by atoms with E-state index in [9.17, 15) is 30.7 Å². The second-order valence-electron chi connectivity index (χ2n) is 8.83. The van der Waals surface area contributed by atoms with E-state index in [-0.39, 0.29) is 22.3 Å². The van der Waals surface area contributed by atoms with Crippen LogP contribution in [0.4, 0.5) is 30.7 Å². The number of benzene rings is 4. The van der Waals surface area contributed by atoms with Crippen molar-refractivity contribution in [1.82, 2.24) is 0 Å². The first-order chi connectivity index (χ1) is 18.0. The van der Waals surface area contributed by atoms with Gasteiger partial charge in [0.25, 0.3) is 5.92 Å². The number of halogens is 7. The third kappa shape index (κ3) is 5.42. The third-order valence-corrected chi connectivity index (χ3v) is 6.05. The van der Waals surface area contributed by atoms with Gasteiger partial charge in [-0.25, -0.2) is 22.0 Å². The van der Waals surface area contributed by atoms with Gasteiger partial charge in [0, 0.05) is 22.3 Å². The minimum atomic E-state index is -3.10. The van der Waals surface area contributed by atoms with Gasteiger partial charge in [-0.1, -0.05) is 84.5 Å². The third-order valence-electron chi connectivity index (χ3n) is 6.05. The molecule has 1 aliphatic rings. The maximum absolute atomic E-state index is 14.7. The van der Waals surface area contributed by atoms with Crippen LogP contribution < -0.4 is 0 Å². The second-order valence-corrected chi connectivity index (χ2v) is 8.83. The lowest BCUT2D eigenvalue weighted by molar-refractivity contribution is 0.0410. The van der Waals surface area contributed by atoms with Crippen LogP contribution in [0.1, 0.15) is 16.7 Å². The van der Waals surface area contributed by atoms with Gasteiger partial charge in [-0.15, -0.1) is 0 Å². The molecule has 194 valence electrons. The molecule has 0 unspecified atom stereocenters. The van der Waals surface area contributed by atoms with Crippen LogP contribution in [0.3, 0.4) is 0 Å². The Bertz CT molecular complexity index is 1510. The molecule has 0 atom stereocenters. The highest BCUT2D eigenvalue weighted by Gasteiger charge is 2.36. The first-order valence-electron chi connectivity index (χ1n) is 11.5. The van der Waals surface area contributed by atoms with E-state index in [4.69, 9.17) is 0 Å². The molecule has 0 radical (unpaired) electrons. The van der Waals surface area contributed by atoms with E-state index >= 15 is 0 Å². The minimum absolute atomic E-state index is 0.0333. The number of allylic oxidation sites excluding steroid dienone is 4. The van der Waals surface area contributed by atoms with Crippen LogP contribution in [-0.2, 0) is 5.92 Å². The molecule has 0 fully saturated rings. The predicted molar refractivity (Wildman–Crippen MR) is 134 cm³/mol. The largest absolute Gasteiger partial charge is 0.298 e. The van der Waals surface area contributed by atoms with Crippen LogP contribution in [0.25, 0.3) is 22.3 Å². The number of hydrogen-bond donors (Lipinski definition) is 0. The summed E-state index contributed by atoms with van der Waals surface area (Å²) in [4.78, 5) is 0. The molecule has 38 heavy (non-hydrogen) atoms. The molecule has 0 spiro atoms. The molecule has 0 nitrogen and oxygen atoms in total. The lowest BCUT2D eigenvalue weighted by atomic mass is 9.93. The number of alkyl halides is 2. The number of hydrogen-bond acceptors (Lipinski definition) is 0. The molecule has 0 bridgehead atoms. The highest BCUT2D eigenvalue weighted by atomic mass is 19.3. The molecular weight excluding hydrogens is 505 g/mol. The van der Waals surface area contributed by atoms with Gasteiger partial charge < -0.3 is 0 Å². The Morgan fingerprint density at radius 1 is 0.553 bits per heavy atom. The van der Waals surface area contributed by atoms with E-state index in [0.717, 1.165) is 17.7 Å². The molecule has 0 aromatic heterocycles. The van der Waals surface area contributed by atoms with Crippen molar-refractivity contribution in [2.24, 2.45) is 0 Å². The zero-order valence-electron chi connectivity index (χ0n) is 20.3. The van der Waals surface area contributed by atoms with Gasteiger partial charge in [0.05, 0.1) is 0 Å². The van der Waals surface area contributed by atoms with E-state index in [1.54, 1.807) is 18.2 Å². The maximum Gasteiger partial charge on any atom is 0.298 e. The lowest BCUT2D eigenvalue weighted by Crippen LogP contribution is -2.17. The molecule has 0 saturated heterocycles. The van der Waals surface area contributed by atoms with Crippen molar-refractivity contribution >= 4 is 0 Å². The summed E-state index contributed by atoms with van der Waals surface area (Å²) in [5.41, 5.74) is 2.24. The fourth-order valence-electron chi connectivity index (χ4n) is 3.84. The van der Waals surface area contributed by atoms with Crippen molar-refractivity contribution in [3.8, 4) is 22.3 Å². The summed E-state index contributed by atoms with van der Waals surface area (Å²) in [7, 11) is 0. The van der Waals surface area contributed by atoms with E-state index in [1.807, 2.05) is 19.1 Å². The van der Waals surface area contributed by atoms with Crippen LogP contribution in [0, 0.1) is 42.9 Å². The molecule has 4 aromatic carbocycles. The highest BCUT2D eigenvalue weighted by Crippen LogP contribution is 2.40. The molecule has 0 saturated carbocycles. The monoisotopic (exact) mass is 526 g/mol. The quantitative estimate of drug-likeness (QED) is 0.183. The van der Waals surface area contributed by atoms with E-state index < -0.39 is 35.0 Å². The van der Waals surface area contributed by atoms with Crippen molar-refractivity contribution in [3.63, 3.8) is 0 Å². The van der Waals surface area contributed by atoms with Crippen LogP contribution in [-0.4, -0.2) is 0 Å². The summed E-state index contributed by atoms with van der Waals surface area (Å²) in [6.45, 7) is 3.40. The van der Waals surface area contributed by atoms with E-state index in [0.29, 0.717) is 16.7 Å². The van der Waals surface area contributed by atoms with Gasteiger partial charge in [0.2, 0.25) is 0 Å². The Labute approximate surface area is 215 Å². The predicted octanol–water partition coefficient (Wildman–Crippen LogP) is 9.61. The Hall–Kier alpha value is -4.13. The zero-order chi connectivity index (χ0) is 27.6. The SMILES string of the molecule is Cc1cc(F)c(F)c(F)c1.Cc1ccc(-c2ccc(-c3ccc(C(F)(F)C4=CC=C4)cc3)c(F)c2F)cc1. The van der Waals surface area contributed by atoms with Gasteiger partial charge in [0.1, 0.15) is 0 Å². The van der Waals surface area contributed by atoms with Crippen molar-refractivity contribution in [2.45, 2.75) is 19.8 Å². The molecule has 4 aromatic rings. The first-order valence-corrected chi connectivity index (χ1v) is 11.5. The summed E-state index contributed by atoms with van der Waals surface area (Å²) in [6, 6.07) is 17.2. The average molecular weight is 526 g/mol. The Morgan fingerprint density at radius 3 is 1.42 bits per heavy atom. The standard InChI is InChI=1S/C24H16F4.C7H5F3/c1-15-5-7-16(8-6-15)20-13-14-21(23(26)22(20)25)17-9-11-19(12-10-17)24(27,28)18-3-2-4-18;1-4-2-5(8)7(10)6(9)3-4/h2-14H,1H3;2-3H,1H3. The Kier molecular flexibility index (Phi) is 7.58. The molecule has 0 N–H and O–H groups in total. The zero-order valence-corrected chi connectivity index (χ0v) is 20.3. The normalized spacial score (nSPS) is 12.4. The molecule has 0 heterocycles. The van der Waals surface area contributed by atoms with Gasteiger partial charge in [-0.2, -0.15) is 8.78 Å². The van der Waals surface area contributed by atoms with Crippen LogP contribution in [0.2, 0.25) is 0 Å². The number of rotatable bonds is 4. The number of aryl methyl sites for hydroxylation is 2. The van der Waals surface area contributed by atoms with Crippen molar-refractivity contribution < 1.29 is 30.7 Å². The summed E-state index contributed by atoms with van der Waals surface area (Å²) < 4.78 is 94.5. The second kappa shape index (κ2) is 10.7. The van der Waals surface area contributed by atoms with Crippen molar-refractivity contribution in [1.29, 1.82) is 0 Å². The van der Waals surface area contributed by atoms with Crippen molar-refractivity contribution in [3.05, 3.63) is 142 Å². The van der Waals surface area contributed by atoms with E-state index in [2.05, 4.69) is 0 Å². The van der Waals surface area contributed by atoms with E-state index in [1.165, 1.54) is 55.5 Å². The minimum Gasteiger partial charge on any atom is -0.204 e. The molecular formula is C31H21F7. The topological polar surface area (TPSA) is 0 Å². The Morgan fingerprint density at radius 2 is 1.00 bits per heavy atom. The van der Waals surface area contributed by atoms with Crippen LogP contribution in [0.5, 0.6) is 0 Å². The van der Waals surface area contributed by atoms with Gasteiger partial charge in [-0.05, 0) is 42.7 Å². The molecule has 7 heteroatoms. The fraction of sp³-hybridized carbons (Fsp3) is 0.0968. The summed E-state index contributed by atoms with van der Waals surface area (Å²) >= 11 is 0. The lowest BCUT2D eigenvalue weighted by Gasteiger charge is -2.21. The highest BCUT2D eigenvalue weighted by molar-refractivity contribution is 5.72. The molecule has 5 rings (SSSR count). The Balaban J connectivity index is 0.000000283. The summed E-state index contributed by atoms with van der Waals surface area (Å²) in [6.07, 6.45) is 4.25. The summed E-state index contributed by atoms with van der Waals surface area (Å²) in [5.74, 6) is -8.75. The van der Waals surface area contributed by atoms with Crippen LogP contribution >= 0.6 is 0 Å². The smallest absolute Gasteiger partial charge is 0.204 e. The molecule has 0 aliphatic heterocycles. The van der Waals surface area contributed by atoms with Crippen molar-refractivity contribution in [2.75, 3.05) is 0 Å². The molecule has 1 aliphatic carbocycles.